The summed E-state index contributed by atoms with van der Waals surface area (Å²) in [7, 11) is 0. The van der Waals surface area contributed by atoms with Gasteiger partial charge < -0.3 is 4.98 Å². The van der Waals surface area contributed by atoms with Gasteiger partial charge in [0.1, 0.15) is 0 Å². The lowest BCUT2D eigenvalue weighted by Gasteiger charge is -1.99. The Morgan fingerprint density at radius 1 is 0.864 bits per heavy atom. The fourth-order valence-corrected chi connectivity index (χ4v) is 2.55. The van der Waals surface area contributed by atoms with Crippen molar-refractivity contribution in [2.24, 2.45) is 0 Å². The van der Waals surface area contributed by atoms with Gasteiger partial charge in [-0.1, -0.05) is 12.1 Å². The van der Waals surface area contributed by atoms with Crippen LogP contribution in [0.1, 0.15) is 5.82 Å². The fourth-order valence-electron chi connectivity index (χ4n) is 2.55. The number of H-pyrrole nitrogens is 1. The van der Waals surface area contributed by atoms with E-state index >= 15 is 0 Å². The molecule has 22 heavy (non-hydrogen) atoms. The highest BCUT2D eigenvalue weighted by atomic mass is 15.0. The summed E-state index contributed by atoms with van der Waals surface area (Å²) < 4.78 is 2.11. The fraction of sp³-hybridized carbons (Fsp3) is 0.0556. The SMILES string of the molecule is c1ccc2[nH]c(C[n+]3ccc(-c4ccncc4)cc3)nc2c1. The van der Waals surface area contributed by atoms with E-state index in [9.17, 15) is 0 Å². The second-order valence-electron chi connectivity index (χ2n) is 5.20. The van der Waals surface area contributed by atoms with E-state index in [-0.39, 0.29) is 0 Å². The summed E-state index contributed by atoms with van der Waals surface area (Å²) in [6.07, 6.45) is 7.77. The highest BCUT2D eigenvalue weighted by molar-refractivity contribution is 5.74. The van der Waals surface area contributed by atoms with Gasteiger partial charge in [-0.25, -0.2) is 4.98 Å². The molecular weight excluding hydrogens is 272 g/mol. The number of nitrogens with zero attached hydrogens (tertiary/aromatic N) is 3. The Hall–Kier alpha value is -3.01. The number of aromatic amines is 1. The average molecular weight is 287 g/mol. The zero-order valence-corrected chi connectivity index (χ0v) is 12.0. The molecule has 0 aliphatic carbocycles. The van der Waals surface area contributed by atoms with Crippen molar-refractivity contribution < 1.29 is 4.57 Å². The molecule has 0 aliphatic heterocycles. The maximum atomic E-state index is 4.60. The minimum absolute atomic E-state index is 0.727. The lowest BCUT2D eigenvalue weighted by molar-refractivity contribution is -0.689. The van der Waals surface area contributed by atoms with E-state index < -0.39 is 0 Å². The topological polar surface area (TPSA) is 45.5 Å². The van der Waals surface area contributed by atoms with Crippen molar-refractivity contribution in [1.82, 2.24) is 15.0 Å². The molecule has 4 rings (SSSR count). The first kappa shape index (κ1) is 12.7. The Morgan fingerprint density at radius 3 is 2.36 bits per heavy atom. The van der Waals surface area contributed by atoms with Gasteiger partial charge in [0.2, 0.25) is 6.54 Å². The molecule has 4 aromatic rings. The van der Waals surface area contributed by atoms with Crippen LogP contribution in [-0.4, -0.2) is 15.0 Å². The van der Waals surface area contributed by atoms with Gasteiger partial charge >= 0.3 is 0 Å². The Kier molecular flexibility index (Phi) is 3.12. The summed E-state index contributed by atoms with van der Waals surface area (Å²) in [4.78, 5) is 12.0. The summed E-state index contributed by atoms with van der Waals surface area (Å²) >= 11 is 0. The molecule has 106 valence electrons. The first-order valence-corrected chi connectivity index (χ1v) is 7.22. The van der Waals surface area contributed by atoms with Crippen LogP contribution in [0.3, 0.4) is 0 Å². The molecule has 0 amide bonds. The molecule has 0 saturated carbocycles. The molecule has 3 heterocycles. The van der Waals surface area contributed by atoms with E-state index in [1.54, 1.807) is 0 Å². The normalized spacial score (nSPS) is 10.9. The third-order valence-corrected chi connectivity index (χ3v) is 3.68. The van der Waals surface area contributed by atoms with Crippen molar-refractivity contribution in [3.8, 4) is 11.1 Å². The molecule has 4 nitrogen and oxygen atoms in total. The Bertz CT molecular complexity index is 862. The van der Waals surface area contributed by atoms with E-state index in [0.717, 1.165) is 23.4 Å². The molecular formula is C18H15N4+. The van der Waals surface area contributed by atoms with Crippen molar-refractivity contribution in [3.05, 3.63) is 79.1 Å². The number of hydrogen-bond acceptors (Lipinski definition) is 2. The number of aromatic nitrogens is 4. The number of rotatable bonds is 3. The smallest absolute Gasteiger partial charge is 0.205 e. The highest BCUT2D eigenvalue weighted by Gasteiger charge is 2.08. The lowest BCUT2D eigenvalue weighted by Crippen LogP contribution is -2.33. The summed E-state index contributed by atoms with van der Waals surface area (Å²) in [6, 6.07) is 16.3. The molecule has 4 heteroatoms. The Morgan fingerprint density at radius 2 is 1.59 bits per heavy atom. The molecule has 1 aromatic carbocycles. The Balaban J connectivity index is 1.58. The monoisotopic (exact) mass is 287 g/mol. The Labute approximate surface area is 128 Å². The van der Waals surface area contributed by atoms with Crippen molar-refractivity contribution in [2.75, 3.05) is 0 Å². The molecule has 0 unspecified atom stereocenters. The molecule has 0 spiro atoms. The number of fused-ring (bicyclic) bond motifs is 1. The number of benzene rings is 1. The van der Waals surface area contributed by atoms with Crippen LogP contribution < -0.4 is 4.57 Å². The van der Waals surface area contributed by atoms with Crippen molar-refractivity contribution in [3.63, 3.8) is 0 Å². The van der Waals surface area contributed by atoms with Gasteiger partial charge in [-0.15, -0.1) is 0 Å². The van der Waals surface area contributed by atoms with E-state index in [1.807, 2.05) is 48.8 Å². The summed E-state index contributed by atoms with van der Waals surface area (Å²) in [5, 5.41) is 0. The van der Waals surface area contributed by atoms with Crippen LogP contribution in [0, 0.1) is 0 Å². The number of hydrogen-bond donors (Lipinski definition) is 1. The predicted molar refractivity (Wildman–Crippen MR) is 85.1 cm³/mol. The lowest BCUT2D eigenvalue weighted by atomic mass is 10.1. The minimum Gasteiger partial charge on any atom is -0.337 e. The van der Waals surface area contributed by atoms with Crippen LogP contribution >= 0.6 is 0 Å². The second-order valence-corrected chi connectivity index (χ2v) is 5.20. The number of imidazole rings is 1. The standard InChI is InChI=1S/C18H15N4/c1-2-4-17-16(3-1)20-18(21-17)13-22-11-7-15(8-12-22)14-5-9-19-10-6-14/h1-12H,13H2,(H,20,21)/q+1. The zero-order chi connectivity index (χ0) is 14.8. The highest BCUT2D eigenvalue weighted by Crippen LogP contribution is 2.16. The van der Waals surface area contributed by atoms with Crippen LogP contribution in [0.4, 0.5) is 0 Å². The molecule has 3 aromatic heterocycles. The maximum absolute atomic E-state index is 4.60. The van der Waals surface area contributed by atoms with Gasteiger partial charge in [-0.05, 0) is 35.4 Å². The van der Waals surface area contributed by atoms with Gasteiger partial charge in [-0.3, -0.25) is 4.98 Å². The van der Waals surface area contributed by atoms with E-state index in [0.29, 0.717) is 0 Å². The quantitative estimate of drug-likeness (QED) is 0.589. The maximum Gasteiger partial charge on any atom is 0.205 e. The number of nitrogens with one attached hydrogen (secondary N) is 1. The van der Waals surface area contributed by atoms with Gasteiger partial charge in [-0.2, -0.15) is 4.57 Å². The zero-order valence-electron chi connectivity index (χ0n) is 12.0. The molecule has 1 N–H and O–H groups in total. The van der Waals surface area contributed by atoms with Crippen molar-refractivity contribution in [1.29, 1.82) is 0 Å². The molecule has 0 fully saturated rings. The summed E-state index contributed by atoms with van der Waals surface area (Å²) in [5.41, 5.74) is 4.44. The predicted octanol–water partition coefficient (Wildman–Crippen LogP) is 2.96. The van der Waals surface area contributed by atoms with Crippen LogP contribution in [0.15, 0.2) is 73.3 Å². The summed E-state index contributed by atoms with van der Waals surface area (Å²) in [5.74, 6) is 0.961. The van der Waals surface area contributed by atoms with Gasteiger partial charge in [0.25, 0.3) is 0 Å². The molecule has 0 bridgehead atoms. The summed E-state index contributed by atoms with van der Waals surface area (Å²) in [6.45, 7) is 0.727. The van der Waals surface area contributed by atoms with Crippen LogP contribution in [0.2, 0.25) is 0 Å². The van der Waals surface area contributed by atoms with Crippen LogP contribution in [-0.2, 0) is 6.54 Å². The van der Waals surface area contributed by atoms with E-state index in [4.69, 9.17) is 0 Å². The van der Waals surface area contributed by atoms with Crippen molar-refractivity contribution >= 4 is 11.0 Å². The first-order chi connectivity index (χ1) is 10.9. The molecule has 0 saturated heterocycles. The van der Waals surface area contributed by atoms with Crippen molar-refractivity contribution in [2.45, 2.75) is 6.54 Å². The van der Waals surface area contributed by atoms with Gasteiger partial charge in [0.05, 0.1) is 11.0 Å². The van der Waals surface area contributed by atoms with E-state index in [2.05, 4.69) is 44.0 Å². The molecule has 0 aliphatic rings. The molecule has 0 radical (unpaired) electrons. The van der Waals surface area contributed by atoms with Crippen LogP contribution in [0.5, 0.6) is 0 Å². The molecule has 0 atom stereocenters. The number of para-hydroxylation sites is 2. The second kappa shape index (κ2) is 5.41. The van der Waals surface area contributed by atoms with Gasteiger partial charge in [0.15, 0.2) is 18.2 Å². The largest absolute Gasteiger partial charge is 0.337 e. The average Bonchev–Trinajstić information content (AvgIpc) is 2.98. The minimum atomic E-state index is 0.727. The van der Waals surface area contributed by atoms with Crippen LogP contribution in [0.25, 0.3) is 22.2 Å². The first-order valence-electron chi connectivity index (χ1n) is 7.22. The number of pyridine rings is 2. The van der Waals surface area contributed by atoms with E-state index in [1.165, 1.54) is 11.1 Å². The third kappa shape index (κ3) is 2.46. The third-order valence-electron chi connectivity index (χ3n) is 3.68. The van der Waals surface area contributed by atoms with Gasteiger partial charge in [0, 0.05) is 24.5 Å².